The van der Waals surface area contributed by atoms with Crippen molar-refractivity contribution in [3.8, 4) is 0 Å². The summed E-state index contributed by atoms with van der Waals surface area (Å²) in [5.41, 5.74) is 3.41. The van der Waals surface area contributed by atoms with E-state index in [2.05, 4.69) is 48.4 Å². The number of rotatable bonds is 6. The molecule has 2 heterocycles. The summed E-state index contributed by atoms with van der Waals surface area (Å²) in [6.45, 7) is 7.06. The first-order valence-corrected chi connectivity index (χ1v) is 9.65. The highest BCUT2D eigenvalue weighted by atomic mass is 35.5. The maximum atomic E-state index is 12.4. The zero-order valence-electron chi connectivity index (χ0n) is 15.6. The molecule has 26 heavy (non-hydrogen) atoms. The molecular weight excluding hydrogens is 346 g/mol. The predicted molar refractivity (Wildman–Crippen MR) is 108 cm³/mol. The largest absolute Gasteiger partial charge is 0.383 e. The fourth-order valence-corrected chi connectivity index (χ4v) is 3.64. The lowest BCUT2D eigenvalue weighted by Gasteiger charge is -2.25. The first kappa shape index (κ1) is 18.7. The summed E-state index contributed by atoms with van der Waals surface area (Å²) < 4.78 is 0. The molecule has 0 spiro atoms. The smallest absolute Gasteiger partial charge is 0.228 e. The summed E-state index contributed by atoms with van der Waals surface area (Å²) in [5, 5.41) is 3.99. The first-order valence-electron chi connectivity index (χ1n) is 9.27. The number of aryl methyl sites for hydroxylation is 1. The Labute approximate surface area is 160 Å². The SMILES string of the molecule is CCC(C)c1ccc(NCC2CCC(=O)N2c2ncc(C)cc2Cl)cc1. The van der Waals surface area contributed by atoms with Gasteiger partial charge in [0.2, 0.25) is 5.91 Å². The Kier molecular flexibility index (Phi) is 5.82. The summed E-state index contributed by atoms with van der Waals surface area (Å²) >= 11 is 6.34. The number of hydrogen-bond acceptors (Lipinski definition) is 3. The molecule has 138 valence electrons. The monoisotopic (exact) mass is 371 g/mol. The Balaban J connectivity index is 1.69. The van der Waals surface area contributed by atoms with Crippen LogP contribution in [0.3, 0.4) is 0 Å². The molecule has 1 N–H and O–H groups in total. The molecule has 3 rings (SSSR count). The maximum Gasteiger partial charge on any atom is 0.228 e. The number of carbonyl (C=O) groups is 1. The van der Waals surface area contributed by atoms with Gasteiger partial charge in [0.25, 0.3) is 0 Å². The number of anilines is 2. The number of amides is 1. The molecule has 0 bridgehead atoms. The van der Waals surface area contributed by atoms with Crippen LogP contribution >= 0.6 is 11.6 Å². The van der Waals surface area contributed by atoms with Gasteiger partial charge in [0.05, 0.1) is 11.1 Å². The van der Waals surface area contributed by atoms with Crippen molar-refractivity contribution in [1.29, 1.82) is 0 Å². The Morgan fingerprint density at radius 1 is 1.35 bits per heavy atom. The highest BCUT2D eigenvalue weighted by Gasteiger charge is 2.34. The van der Waals surface area contributed by atoms with Crippen molar-refractivity contribution < 1.29 is 4.79 Å². The van der Waals surface area contributed by atoms with E-state index in [4.69, 9.17) is 11.6 Å². The highest BCUT2D eigenvalue weighted by Crippen LogP contribution is 2.31. The number of hydrogen-bond donors (Lipinski definition) is 1. The van der Waals surface area contributed by atoms with Gasteiger partial charge in [0.1, 0.15) is 0 Å². The van der Waals surface area contributed by atoms with Crippen LogP contribution < -0.4 is 10.2 Å². The Morgan fingerprint density at radius 3 is 2.73 bits per heavy atom. The van der Waals surface area contributed by atoms with Crippen LogP contribution in [-0.2, 0) is 4.79 Å². The average molecular weight is 372 g/mol. The van der Waals surface area contributed by atoms with Crippen molar-refractivity contribution in [3.63, 3.8) is 0 Å². The molecule has 5 heteroatoms. The predicted octanol–water partition coefficient (Wildman–Crippen LogP) is 5.16. The van der Waals surface area contributed by atoms with Crippen LogP contribution in [-0.4, -0.2) is 23.5 Å². The van der Waals surface area contributed by atoms with Crippen LogP contribution in [0.5, 0.6) is 0 Å². The van der Waals surface area contributed by atoms with E-state index in [1.54, 1.807) is 11.1 Å². The molecule has 1 aromatic heterocycles. The second kappa shape index (κ2) is 8.09. The van der Waals surface area contributed by atoms with E-state index in [9.17, 15) is 4.79 Å². The molecule has 0 aliphatic carbocycles. The number of nitrogens with zero attached hydrogens (tertiary/aromatic N) is 2. The summed E-state index contributed by atoms with van der Waals surface area (Å²) in [7, 11) is 0. The van der Waals surface area contributed by atoms with E-state index in [-0.39, 0.29) is 11.9 Å². The maximum absolute atomic E-state index is 12.4. The normalized spacial score (nSPS) is 18.2. The van der Waals surface area contributed by atoms with Crippen molar-refractivity contribution >= 4 is 29.0 Å². The lowest BCUT2D eigenvalue weighted by Crippen LogP contribution is -2.38. The van der Waals surface area contributed by atoms with Gasteiger partial charge < -0.3 is 5.32 Å². The van der Waals surface area contributed by atoms with Crippen LogP contribution in [0.15, 0.2) is 36.5 Å². The third-order valence-corrected chi connectivity index (χ3v) is 5.42. The molecule has 0 saturated carbocycles. The van der Waals surface area contributed by atoms with Gasteiger partial charge in [0, 0.05) is 24.8 Å². The fourth-order valence-electron chi connectivity index (χ4n) is 3.33. The molecule has 4 nitrogen and oxygen atoms in total. The second-order valence-electron chi connectivity index (χ2n) is 7.09. The molecule has 1 aliphatic rings. The van der Waals surface area contributed by atoms with Crippen molar-refractivity contribution in [3.05, 3.63) is 52.7 Å². The number of benzene rings is 1. The Morgan fingerprint density at radius 2 is 2.08 bits per heavy atom. The number of halogens is 1. The summed E-state index contributed by atoms with van der Waals surface area (Å²) in [6, 6.07) is 10.5. The van der Waals surface area contributed by atoms with E-state index in [1.165, 1.54) is 5.56 Å². The lowest BCUT2D eigenvalue weighted by atomic mass is 9.98. The zero-order valence-corrected chi connectivity index (χ0v) is 16.4. The van der Waals surface area contributed by atoms with Crippen LogP contribution in [0.25, 0.3) is 0 Å². The van der Waals surface area contributed by atoms with Gasteiger partial charge in [-0.25, -0.2) is 4.98 Å². The Hall–Kier alpha value is -2.07. The minimum Gasteiger partial charge on any atom is -0.383 e. The molecule has 1 aliphatic heterocycles. The molecule has 1 amide bonds. The van der Waals surface area contributed by atoms with Gasteiger partial charge in [0.15, 0.2) is 5.82 Å². The molecule has 2 atom stereocenters. The van der Waals surface area contributed by atoms with Gasteiger partial charge in [-0.15, -0.1) is 0 Å². The summed E-state index contributed by atoms with van der Waals surface area (Å²) in [5.74, 6) is 1.22. The van der Waals surface area contributed by atoms with Crippen molar-refractivity contribution in [2.75, 3.05) is 16.8 Å². The average Bonchev–Trinajstić information content (AvgIpc) is 3.00. The molecule has 2 aromatic rings. The molecule has 1 fully saturated rings. The van der Waals surface area contributed by atoms with Crippen molar-refractivity contribution in [2.45, 2.75) is 52.0 Å². The minimum atomic E-state index is 0.0597. The molecule has 1 aromatic carbocycles. The van der Waals surface area contributed by atoms with Crippen molar-refractivity contribution in [1.82, 2.24) is 4.98 Å². The summed E-state index contributed by atoms with van der Waals surface area (Å²) in [6.07, 6.45) is 4.23. The van der Waals surface area contributed by atoms with Gasteiger partial charge in [-0.05, 0) is 55.0 Å². The van der Waals surface area contributed by atoms with E-state index < -0.39 is 0 Å². The standard InChI is InChI=1S/C21H26ClN3O/c1-4-15(3)16-5-7-17(8-6-16)23-13-18-9-10-20(26)25(18)21-19(22)11-14(2)12-24-21/h5-8,11-12,15,18,23H,4,9-10,13H2,1-3H3. The number of carbonyl (C=O) groups excluding carboxylic acids is 1. The fraction of sp³-hybridized carbons (Fsp3) is 0.429. The number of aromatic nitrogens is 1. The van der Waals surface area contributed by atoms with Gasteiger partial charge in [-0.2, -0.15) is 0 Å². The van der Waals surface area contributed by atoms with E-state index in [0.29, 0.717) is 29.7 Å². The first-order chi connectivity index (χ1) is 12.5. The number of pyridine rings is 1. The van der Waals surface area contributed by atoms with Gasteiger partial charge in [-0.1, -0.05) is 37.6 Å². The van der Waals surface area contributed by atoms with Crippen LogP contribution in [0, 0.1) is 6.92 Å². The molecule has 2 unspecified atom stereocenters. The minimum absolute atomic E-state index is 0.0597. The molecular formula is C21H26ClN3O. The summed E-state index contributed by atoms with van der Waals surface area (Å²) in [4.78, 5) is 18.5. The van der Waals surface area contributed by atoms with Gasteiger partial charge >= 0.3 is 0 Å². The molecule has 0 radical (unpaired) electrons. The van der Waals surface area contributed by atoms with E-state index in [0.717, 1.165) is 24.1 Å². The zero-order chi connectivity index (χ0) is 18.7. The topological polar surface area (TPSA) is 45.2 Å². The third-order valence-electron chi connectivity index (χ3n) is 5.15. The second-order valence-corrected chi connectivity index (χ2v) is 7.49. The lowest BCUT2D eigenvalue weighted by molar-refractivity contribution is -0.117. The van der Waals surface area contributed by atoms with Gasteiger partial charge in [-0.3, -0.25) is 9.69 Å². The van der Waals surface area contributed by atoms with Crippen molar-refractivity contribution in [2.24, 2.45) is 0 Å². The highest BCUT2D eigenvalue weighted by molar-refractivity contribution is 6.33. The van der Waals surface area contributed by atoms with Crippen LogP contribution in [0.1, 0.15) is 50.2 Å². The molecule has 1 saturated heterocycles. The number of nitrogens with one attached hydrogen (secondary N) is 1. The van der Waals surface area contributed by atoms with E-state index >= 15 is 0 Å². The third kappa shape index (κ3) is 4.01. The van der Waals surface area contributed by atoms with E-state index in [1.807, 2.05) is 13.0 Å². The Bertz CT molecular complexity index is 775. The van der Waals surface area contributed by atoms with Crippen LogP contribution in [0.2, 0.25) is 5.02 Å². The quantitative estimate of drug-likeness (QED) is 0.762. The van der Waals surface area contributed by atoms with Crippen LogP contribution in [0.4, 0.5) is 11.5 Å².